The van der Waals surface area contributed by atoms with E-state index in [9.17, 15) is 19.5 Å². The average Bonchev–Trinajstić information content (AvgIpc) is 2.60. The van der Waals surface area contributed by atoms with Crippen LogP contribution >= 0.6 is 11.6 Å². The SMILES string of the molecule is O=C(O)CNC(=O)c1c(O)oc(=O)c2ccc(-c3ccc(Cl)cc3)cc12. The number of hydrogen-bond acceptors (Lipinski definition) is 5. The number of hydrogen-bond donors (Lipinski definition) is 3. The number of benzene rings is 2. The van der Waals surface area contributed by atoms with Crippen LogP contribution in [0.1, 0.15) is 10.4 Å². The highest BCUT2D eigenvalue weighted by Crippen LogP contribution is 2.29. The van der Waals surface area contributed by atoms with Gasteiger partial charge < -0.3 is 19.9 Å². The first-order chi connectivity index (χ1) is 12.4. The number of fused-ring (bicyclic) bond motifs is 1. The number of carboxylic acids is 1. The van der Waals surface area contributed by atoms with E-state index in [-0.39, 0.29) is 16.3 Å². The van der Waals surface area contributed by atoms with Gasteiger partial charge in [-0.15, -0.1) is 0 Å². The fraction of sp³-hybridized carbons (Fsp3) is 0.0556. The van der Waals surface area contributed by atoms with Crippen molar-refractivity contribution in [1.29, 1.82) is 0 Å². The fourth-order valence-corrected chi connectivity index (χ4v) is 2.65. The van der Waals surface area contributed by atoms with E-state index in [1.807, 2.05) is 0 Å². The predicted molar refractivity (Wildman–Crippen MR) is 94.6 cm³/mol. The van der Waals surface area contributed by atoms with E-state index < -0.39 is 30.0 Å². The normalized spacial score (nSPS) is 10.7. The van der Waals surface area contributed by atoms with Crippen LogP contribution in [-0.4, -0.2) is 28.6 Å². The van der Waals surface area contributed by atoms with Crippen molar-refractivity contribution in [3.05, 3.63) is 63.5 Å². The minimum Gasteiger partial charge on any atom is -0.480 e. The lowest BCUT2D eigenvalue weighted by Crippen LogP contribution is -2.29. The molecule has 132 valence electrons. The molecule has 0 unspecified atom stereocenters. The summed E-state index contributed by atoms with van der Waals surface area (Å²) in [6.07, 6.45) is 0. The molecular formula is C18H12ClNO6. The summed E-state index contributed by atoms with van der Waals surface area (Å²) in [5.74, 6) is -2.99. The predicted octanol–water partition coefficient (Wildman–Crippen LogP) is 2.63. The number of halogens is 1. The monoisotopic (exact) mass is 373 g/mol. The smallest absolute Gasteiger partial charge is 0.346 e. The van der Waals surface area contributed by atoms with Crippen molar-refractivity contribution in [3.63, 3.8) is 0 Å². The summed E-state index contributed by atoms with van der Waals surface area (Å²) >= 11 is 5.88. The van der Waals surface area contributed by atoms with Gasteiger partial charge in [-0.05, 0) is 35.4 Å². The Morgan fingerprint density at radius 1 is 1.04 bits per heavy atom. The second kappa shape index (κ2) is 6.89. The Labute approximate surface area is 151 Å². The maximum Gasteiger partial charge on any atom is 0.346 e. The molecule has 0 aliphatic carbocycles. The zero-order chi connectivity index (χ0) is 18.8. The molecule has 0 atom stereocenters. The van der Waals surface area contributed by atoms with Crippen molar-refractivity contribution < 1.29 is 24.2 Å². The summed E-state index contributed by atoms with van der Waals surface area (Å²) in [5, 5.41) is 21.5. The first-order valence-electron chi connectivity index (χ1n) is 7.42. The lowest BCUT2D eigenvalue weighted by atomic mass is 9.99. The van der Waals surface area contributed by atoms with Crippen LogP contribution < -0.4 is 10.9 Å². The van der Waals surface area contributed by atoms with Crippen molar-refractivity contribution >= 4 is 34.2 Å². The van der Waals surface area contributed by atoms with Crippen molar-refractivity contribution in [2.45, 2.75) is 0 Å². The lowest BCUT2D eigenvalue weighted by molar-refractivity contribution is -0.135. The van der Waals surface area contributed by atoms with Gasteiger partial charge in [0.15, 0.2) is 0 Å². The Morgan fingerprint density at radius 3 is 2.35 bits per heavy atom. The first kappa shape index (κ1) is 17.5. The minimum absolute atomic E-state index is 0.0842. The van der Waals surface area contributed by atoms with Crippen LogP contribution in [0.2, 0.25) is 5.02 Å². The van der Waals surface area contributed by atoms with Crippen LogP contribution in [0.5, 0.6) is 5.95 Å². The number of carboxylic acid groups (broad SMARTS) is 1. The van der Waals surface area contributed by atoms with Crippen molar-refractivity contribution in [3.8, 4) is 17.1 Å². The molecule has 0 fully saturated rings. The maximum atomic E-state index is 12.3. The molecule has 0 saturated carbocycles. The maximum absolute atomic E-state index is 12.3. The molecule has 3 N–H and O–H groups in total. The summed E-state index contributed by atoms with van der Waals surface area (Å²) in [6, 6.07) is 11.6. The van der Waals surface area contributed by atoms with E-state index in [0.717, 1.165) is 5.56 Å². The molecule has 26 heavy (non-hydrogen) atoms. The van der Waals surface area contributed by atoms with Crippen molar-refractivity contribution in [1.82, 2.24) is 5.32 Å². The highest BCUT2D eigenvalue weighted by atomic mass is 35.5. The summed E-state index contributed by atoms with van der Waals surface area (Å²) in [4.78, 5) is 34.9. The van der Waals surface area contributed by atoms with E-state index >= 15 is 0 Å². The third-order valence-corrected chi connectivity index (χ3v) is 3.97. The molecule has 0 saturated heterocycles. The average molecular weight is 374 g/mol. The number of carbonyl (C=O) groups is 2. The largest absolute Gasteiger partial charge is 0.480 e. The van der Waals surface area contributed by atoms with Crippen LogP contribution in [-0.2, 0) is 4.79 Å². The Balaban J connectivity index is 2.18. The Morgan fingerprint density at radius 2 is 1.69 bits per heavy atom. The number of nitrogens with one attached hydrogen (secondary N) is 1. The number of aromatic hydroxyl groups is 1. The number of amides is 1. The molecule has 1 aromatic heterocycles. The van der Waals surface area contributed by atoms with E-state index in [4.69, 9.17) is 16.7 Å². The van der Waals surface area contributed by atoms with E-state index in [1.165, 1.54) is 6.07 Å². The van der Waals surface area contributed by atoms with Gasteiger partial charge in [-0.25, -0.2) is 4.79 Å². The molecule has 0 radical (unpaired) electrons. The van der Waals surface area contributed by atoms with E-state index in [0.29, 0.717) is 10.6 Å². The summed E-state index contributed by atoms with van der Waals surface area (Å²) in [7, 11) is 0. The molecule has 3 aromatic rings. The third kappa shape index (κ3) is 3.38. The topological polar surface area (TPSA) is 117 Å². The molecule has 0 spiro atoms. The second-order valence-electron chi connectivity index (χ2n) is 5.41. The molecule has 1 amide bonds. The Hall–Kier alpha value is -3.32. The van der Waals surface area contributed by atoms with Gasteiger partial charge in [0, 0.05) is 10.4 Å². The molecule has 7 nitrogen and oxygen atoms in total. The molecule has 8 heteroatoms. The van der Waals surface area contributed by atoms with Gasteiger partial charge in [0.2, 0.25) is 0 Å². The summed E-state index contributed by atoms with van der Waals surface area (Å²) < 4.78 is 4.69. The lowest BCUT2D eigenvalue weighted by Gasteiger charge is -2.09. The Bertz CT molecular complexity index is 1070. The van der Waals surface area contributed by atoms with Gasteiger partial charge >= 0.3 is 11.6 Å². The molecule has 2 aromatic carbocycles. The van der Waals surface area contributed by atoms with Gasteiger partial charge in [0.25, 0.3) is 11.9 Å². The zero-order valence-electron chi connectivity index (χ0n) is 13.2. The molecular weight excluding hydrogens is 362 g/mol. The number of carbonyl (C=O) groups excluding carboxylic acids is 1. The van der Waals surface area contributed by atoms with Crippen molar-refractivity contribution in [2.24, 2.45) is 0 Å². The zero-order valence-corrected chi connectivity index (χ0v) is 13.9. The van der Waals surface area contributed by atoms with E-state index in [1.54, 1.807) is 36.4 Å². The molecule has 3 rings (SSSR count). The van der Waals surface area contributed by atoms with Gasteiger partial charge in [-0.1, -0.05) is 29.8 Å². The molecule has 1 heterocycles. The first-order valence-corrected chi connectivity index (χ1v) is 7.80. The van der Waals surface area contributed by atoms with Crippen molar-refractivity contribution in [2.75, 3.05) is 6.54 Å². The highest BCUT2D eigenvalue weighted by molar-refractivity contribution is 6.30. The molecule has 0 aliphatic rings. The summed E-state index contributed by atoms with van der Waals surface area (Å²) in [5.41, 5.74) is 0.332. The number of rotatable bonds is 4. The van der Waals surface area contributed by atoms with Gasteiger partial charge in [-0.2, -0.15) is 0 Å². The highest BCUT2D eigenvalue weighted by Gasteiger charge is 2.21. The molecule has 0 bridgehead atoms. The van der Waals surface area contributed by atoms with Gasteiger partial charge in [-0.3, -0.25) is 9.59 Å². The van der Waals surface area contributed by atoms with Gasteiger partial charge in [0.05, 0.1) is 5.39 Å². The minimum atomic E-state index is -1.25. The molecule has 0 aliphatic heterocycles. The third-order valence-electron chi connectivity index (χ3n) is 3.72. The fourth-order valence-electron chi connectivity index (χ4n) is 2.52. The van der Waals surface area contributed by atoms with Crippen LogP contribution in [0.3, 0.4) is 0 Å². The van der Waals surface area contributed by atoms with Crippen LogP contribution in [0.25, 0.3) is 21.9 Å². The number of aliphatic carboxylic acids is 1. The van der Waals surface area contributed by atoms with E-state index in [2.05, 4.69) is 9.73 Å². The quantitative estimate of drug-likeness (QED) is 0.647. The second-order valence-corrected chi connectivity index (χ2v) is 5.85. The van der Waals surface area contributed by atoms with Gasteiger partial charge in [0.1, 0.15) is 12.1 Å². The van der Waals surface area contributed by atoms with Crippen LogP contribution in [0.4, 0.5) is 0 Å². The summed E-state index contributed by atoms with van der Waals surface area (Å²) in [6.45, 7) is -0.643. The van der Waals surface area contributed by atoms with Crippen LogP contribution in [0, 0.1) is 0 Å². The Kier molecular flexibility index (Phi) is 4.64. The standard InChI is InChI=1S/C18H12ClNO6/c19-11-4-1-9(2-5-11)10-3-6-12-13(7-10)15(18(25)26-17(12)24)16(23)20-8-14(21)22/h1-7,25H,8H2,(H,20,23)(H,21,22). The van der Waals surface area contributed by atoms with Crippen LogP contribution in [0.15, 0.2) is 51.7 Å².